The van der Waals surface area contributed by atoms with Gasteiger partial charge in [0.2, 0.25) is 5.91 Å². The van der Waals surface area contributed by atoms with Crippen LogP contribution in [0.4, 0.5) is 21.5 Å². The van der Waals surface area contributed by atoms with Gasteiger partial charge < -0.3 is 24.9 Å². The molecular weight excluding hydrogens is 501 g/mol. The molecule has 10 heteroatoms. The highest BCUT2D eigenvalue weighted by molar-refractivity contribution is 6.39. The number of halogens is 1. The van der Waals surface area contributed by atoms with Crippen LogP contribution in [0.25, 0.3) is 0 Å². The molecule has 2 N–H and O–H groups in total. The third kappa shape index (κ3) is 6.46. The van der Waals surface area contributed by atoms with Crippen LogP contribution in [0, 0.1) is 5.82 Å². The molecule has 0 radical (unpaired) electrons. The minimum Gasteiger partial charge on any atom is -0.468 e. The van der Waals surface area contributed by atoms with E-state index < -0.39 is 11.8 Å². The lowest BCUT2D eigenvalue weighted by molar-refractivity contribution is -0.136. The zero-order valence-corrected chi connectivity index (χ0v) is 21.6. The Morgan fingerprint density at radius 2 is 1.69 bits per heavy atom. The van der Waals surface area contributed by atoms with Crippen molar-refractivity contribution in [3.05, 3.63) is 78.5 Å². The molecule has 0 saturated carbocycles. The molecule has 1 unspecified atom stereocenters. The lowest BCUT2D eigenvalue weighted by Crippen LogP contribution is -2.50. The van der Waals surface area contributed by atoms with E-state index in [4.69, 9.17) is 4.42 Å². The average Bonchev–Trinajstić information content (AvgIpc) is 3.49. The Kier molecular flexibility index (Phi) is 8.21. The molecule has 2 fully saturated rings. The van der Waals surface area contributed by atoms with Gasteiger partial charge in [0.25, 0.3) is 0 Å². The monoisotopic (exact) mass is 533 g/mol. The van der Waals surface area contributed by atoms with Crippen molar-refractivity contribution in [1.29, 1.82) is 0 Å². The summed E-state index contributed by atoms with van der Waals surface area (Å²) in [5, 5.41) is 5.39. The van der Waals surface area contributed by atoms with Crippen molar-refractivity contribution in [2.75, 3.05) is 54.4 Å². The molecule has 2 aliphatic heterocycles. The first-order valence-corrected chi connectivity index (χ1v) is 13.3. The van der Waals surface area contributed by atoms with E-state index >= 15 is 0 Å². The second kappa shape index (κ2) is 12.1. The lowest BCUT2D eigenvalue weighted by Gasteiger charge is -2.39. The maximum Gasteiger partial charge on any atom is 0.313 e. The Hall–Kier alpha value is -4.18. The SMILES string of the molecule is O=C(NCC(c1ccco1)N1CCN(c2ccc(F)cc2)CC1)C(=O)Nc1cccc(N2CCCCC2=O)c1. The number of benzene rings is 2. The fourth-order valence-electron chi connectivity index (χ4n) is 5.12. The van der Waals surface area contributed by atoms with Crippen molar-refractivity contribution in [3.63, 3.8) is 0 Å². The van der Waals surface area contributed by atoms with Crippen LogP contribution < -0.4 is 20.4 Å². The van der Waals surface area contributed by atoms with Gasteiger partial charge in [-0.2, -0.15) is 0 Å². The van der Waals surface area contributed by atoms with Gasteiger partial charge in [-0.15, -0.1) is 0 Å². The molecule has 0 bridgehead atoms. The minimum absolute atomic E-state index is 0.0601. The summed E-state index contributed by atoms with van der Waals surface area (Å²) in [7, 11) is 0. The van der Waals surface area contributed by atoms with Crippen LogP contribution >= 0.6 is 0 Å². The summed E-state index contributed by atoms with van der Waals surface area (Å²) < 4.78 is 19.0. The third-order valence-electron chi connectivity index (χ3n) is 7.22. The zero-order valence-electron chi connectivity index (χ0n) is 21.6. The van der Waals surface area contributed by atoms with Crippen LogP contribution in [-0.2, 0) is 14.4 Å². The Bertz CT molecular complexity index is 1290. The summed E-state index contributed by atoms with van der Waals surface area (Å²) in [5.74, 6) is -1.04. The quantitative estimate of drug-likeness (QED) is 0.451. The summed E-state index contributed by atoms with van der Waals surface area (Å²) in [5.41, 5.74) is 2.12. The molecule has 204 valence electrons. The summed E-state index contributed by atoms with van der Waals surface area (Å²) >= 11 is 0. The van der Waals surface area contributed by atoms with E-state index in [0.717, 1.165) is 31.6 Å². The number of nitrogens with one attached hydrogen (secondary N) is 2. The van der Waals surface area contributed by atoms with Crippen molar-refractivity contribution in [2.45, 2.75) is 25.3 Å². The zero-order chi connectivity index (χ0) is 27.2. The molecule has 2 aromatic carbocycles. The van der Waals surface area contributed by atoms with Crippen molar-refractivity contribution >= 4 is 34.8 Å². The highest BCUT2D eigenvalue weighted by Crippen LogP contribution is 2.26. The van der Waals surface area contributed by atoms with Gasteiger partial charge in [-0.3, -0.25) is 19.3 Å². The molecule has 2 aliphatic rings. The minimum atomic E-state index is -0.781. The van der Waals surface area contributed by atoms with Crippen LogP contribution in [0.5, 0.6) is 0 Å². The van der Waals surface area contributed by atoms with Crippen molar-refractivity contribution in [3.8, 4) is 0 Å². The van der Waals surface area contributed by atoms with Crippen LogP contribution in [0.15, 0.2) is 71.3 Å². The second-order valence-electron chi connectivity index (χ2n) is 9.75. The van der Waals surface area contributed by atoms with E-state index in [2.05, 4.69) is 20.4 Å². The molecule has 9 nitrogen and oxygen atoms in total. The van der Waals surface area contributed by atoms with Crippen molar-refractivity contribution in [2.24, 2.45) is 0 Å². The van der Waals surface area contributed by atoms with E-state index in [1.807, 2.05) is 12.1 Å². The van der Waals surface area contributed by atoms with Gasteiger partial charge in [0, 0.05) is 62.8 Å². The topological polar surface area (TPSA) is 98.1 Å². The molecule has 2 saturated heterocycles. The molecule has 3 aromatic rings. The predicted molar refractivity (Wildman–Crippen MR) is 146 cm³/mol. The molecule has 1 atom stereocenters. The number of carbonyl (C=O) groups excluding carboxylic acids is 3. The Morgan fingerprint density at radius 1 is 0.897 bits per heavy atom. The number of piperidine rings is 1. The van der Waals surface area contributed by atoms with E-state index in [9.17, 15) is 18.8 Å². The molecule has 5 rings (SSSR count). The summed E-state index contributed by atoms with van der Waals surface area (Å²) in [6, 6.07) is 16.8. The molecular formula is C29H32FN5O4. The van der Waals surface area contributed by atoms with Crippen LogP contribution in [0.1, 0.15) is 31.1 Å². The van der Waals surface area contributed by atoms with Gasteiger partial charge >= 0.3 is 11.8 Å². The molecule has 3 heterocycles. The number of anilines is 3. The van der Waals surface area contributed by atoms with Gasteiger partial charge in [-0.1, -0.05) is 6.07 Å². The van der Waals surface area contributed by atoms with Crippen LogP contribution in [-0.4, -0.2) is 61.9 Å². The lowest BCUT2D eigenvalue weighted by atomic mass is 10.1. The molecule has 3 amide bonds. The summed E-state index contributed by atoms with van der Waals surface area (Å²) in [4.78, 5) is 43.8. The number of piperazine rings is 1. The fraction of sp³-hybridized carbons (Fsp3) is 0.345. The number of furan rings is 1. The largest absolute Gasteiger partial charge is 0.468 e. The normalized spacial score (nSPS) is 17.1. The average molecular weight is 534 g/mol. The number of amides is 3. The number of hydrogen-bond acceptors (Lipinski definition) is 6. The smallest absolute Gasteiger partial charge is 0.313 e. The van der Waals surface area contributed by atoms with Gasteiger partial charge in [0.05, 0.1) is 12.3 Å². The Balaban J connectivity index is 1.18. The number of rotatable bonds is 7. The number of hydrogen-bond donors (Lipinski definition) is 2. The van der Waals surface area contributed by atoms with Gasteiger partial charge in [-0.25, -0.2) is 4.39 Å². The van der Waals surface area contributed by atoms with Crippen molar-refractivity contribution in [1.82, 2.24) is 10.2 Å². The van der Waals surface area contributed by atoms with E-state index in [1.54, 1.807) is 47.6 Å². The maximum atomic E-state index is 13.3. The first-order valence-electron chi connectivity index (χ1n) is 13.3. The first-order chi connectivity index (χ1) is 19.0. The third-order valence-corrected chi connectivity index (χ3v) is 7.22. The van der Waals surface area contributed by atoms with Gasteiger partial charge in [-0.05, 0) is 67.4 Å². The molecule has 39 heavy (non-hydrogen) atoms. The molecule has 0 spiro atoms. The Morgan fingerprint density at radius 3 is 2.41 bits per heavy atom. The van der Waals surface area contributed by atoms with E-state index in [0.29, 0.717) is 43.2 Å². The Labute approximate surface area is 226 Å². The number of nitrogens with zero attached hydrogens (tertiary/aromatic N) is 3. The van der Waals surface area contributed by atoms with Crippen LogP contribution in [0.3, 0.4) is 0 Å². The first kappa shape index (κ1) is 26.4. The summed E-state index contributed by atoms with van der Waals surface area (Å²) in [6.07, 6.45) is 3.92. The number of carbonyl (C=O) groups is 3. The van der Waals surface area contributed by atoms with Crippen molar-refractivity contribution < 1.29 is 23.2 Å². The highest BCUT2D eigenvalue weighted by atomic mass is 19.1. The van der Waals surface area contributed by atoms with E-state index in [1.165, 1.54) is 12.1 Å². The van der Waals surface area contributed by atoms with E-state index in [-0.39, 0.29) is 24.3 Å². The highest BCUT2D eigenvalue weighted by Gasteiger charge is 2.28. The van der Waals surface area contributed by atoms with Crippen LogP contribution in [0.2, 0.25) is 0 Å². The molecule has 1 aromatic heterocycles. The fourth-order valence-corrected chi connectivity index (χ4v) is 5.12. The standard InChI is InChI=1S/C29H32FN5O4/c30-21-9-11-23(12-10-21)33-14-16-34(17-15-33)25(26-7-4-18-39-26)20-31-28(37)29(38)32-22-5-3-6-24(19-22)35-13-2-1-8-27(35)36/h3-7,9-12,18-19,25H,1-2,8,13-17,20H2,(H,31,37)(H,32,38). The molecule has 0 aliphatic carbocycles. The second-order valence-corrected chi connectivity index (χ2v) is 9.75. The van der Waals surface area contributed by atoms with Gasteiger partial charge in [0.15, 0.2) is 0 Å². The maximum absolute atomic E-state index is 13.3. The van der Waals surface area contributed by atoms with Gasteiger partial charge in [0.1, 0.15) is 11.6 Å². The predicted octanol–water partition coefficient (Wildman–Crippen LogP) is 3.55. The summed E-state index contributed by atoms with van der Waals surface area (Å²) in [6.45, 7) is 3.70.